The minimum absolute atomic E-state index is 0.0386. The molecular weight excluding hydrogens is 410 g/mol. The van der Waals surface area contributed by atoms with Crippen LogP contribution in [0.3, 0.4) is 0 Å². The Bertz CT molecular complexity index is 1030. The fourth-order valence-corrected chi connectivity index (χ4v) is 3.06. The number of nitrogens with two attached hydrogens (primary N) is 9. The molecule has 0 saturated carbocycles. The molecule has 32 heavy (non-hydrogen) atoms. The number of hydrogen-bond acceptors (Lipinski definition) is 11. The van der Waals surface area contributed by atoms with Crippen molar-refractivity contribution in [2.75, 3.05) is 45.9 Å². The normalized spacial score (nSPS) is 12.5. The Balaban J connectivity index is 2.28. The lowest BCUT2D eigenvalue weighted by molar-refractivity contribution is -0.123. The second-order valence-corrected chi connectivity index (χ2v) is 7.34. The van der Waals surface area contributed by atoms with Crippen LogP contribution in [0.1, 0.15) is 22.3 Å². The molecule has 0 amide bonds. The predicted molar refractivity (Wildman–Crippen MR) is 134 cm³/mol. The van der Waals surface area contributed by atoms with Crippen LogP contribution < -0.4 is 51.6 Å². The van der Waals surface area contributed by atoms with E-state index in [-0.39, 0.29) is 39.7 Å². The Kier molecular flexibility index (Phi) is 6.55. The lowest BCUT2D eigenvalue weighted by Gasteiger charge is -2.15. The van der Waals surface area contributed by atoms with Gasteiger partial charge in [0.05, 0.1) is 39.8 Å². The van der Waals surface area contributed by atoms with E-state index >= 15 is 0 Å². The van der Waals surface area contributed by atoms with Crippen molar-refractivity contribution < 1.29 is 9.59 Å². The number of ketones is 2. The van der Waals surface area contributed by atoms with E-state index in [1.807, 2.05) is 0 Å². The molecule has 0 radical (unpaired) electrons. The maximum absolute atomic E-state index is 12.4. The quantitative estimate of drug-likeness (QED) is 0.166. The van der Waals surface area contributed by atoms with Crippen molar-refractivity contribution in [2.45, 2.75) is 19.9 Å². The monoisotopic (exact) mass is 439 g/mol. The van der Waals surface area contributed by atoms with Crippen LogP contribution in [0, 0.1) is 13.8 Å². The van der Waals surface area contributed by atoms with Gasteiger partial charge in [0.2, 0.25) is 0 Å². The standard InChI is InChI=1S/C21H29N9O2/c1-7-9(15(24)14(23)8(2)13(7)22)3-5-11(31)18(27)12(32)6-4-10-16(25)19(28)21(30)20(29)17(10)26/h3-6,18H,22-30H2,1-2H3/b5-3+,6-4+. The molecule has 0 aliphatic heterocycles. The summed E-state index contributed by atoms with van der Waals surface area (Å²) in [5, 5.41) is 0. The van der Waals surface area contributed by atoms with Crippen LogP contribution in [-0.2, 0) is 9.59 Å². The van der Waals surface area contributed by atoms with Crippen LogP contribution in [0.15, 0.2) is 12.2 Å². The number of benzene rings is 2. The summed E-state index contributed by atoms with van der Waals surface area (Å²) in [5.74, 6) is -1.35. The van der Waals surface area contributed by atoms with Crippen molar-refractivity contribution in [2.24, 2.45) is 5.73 Å². The number of hydrogen-bond donors (Lipinski definition) is 9. The van der Waals surface area contributed by atoms with Crippen molar-refractivity contribution in [3.8, 4) is 0 Å². The number of carbonyl (C=O) groups excluding carboxylic acids is 2. The molecule has 0 aliphatic rings. The number of rotatable bonds is 6. The zero-order valence-corrected chi connectivity index (χ0v) is 17.9. The van der Waals surface area contributed by atoms with Crippen LogP contribution in [0.25, 0.3) is 12.2 Å². The van der Waals surface area contributed by atoms with Crippen LogP contribution in [0.2, 0.25) is 0 Å². The summed E-state index contributed by atoms with van der Waals surface area (Å²) in [6.45, 7) is 3.49. The third-order valence-corrected chi connectivity index (χ3v) is 5.38. The lowest BCUT2D eigenvalue weighted by Crippen LogP contribution is -2.36. The highest BCUT2D eigenvalue weighted by atomic mass is 16.2. The molecule has 0 heterocycles. The molecule has 11 nitrogen and oxygen atoms in total. The molecule has 1 unspecified atom stereocenters. The van der Waals surface area contributed by atoms with Gasteiger partial charge in [-0.2, -0.15) is 0 Å². The third-order valence-electron chi connectivity index (χ3n) is 5.38. The van der Waals surface area contributed by atoms with Gasteiger partial charge in [0.1, 0.15) is 6.04 Å². The Morgan fingerprint density at radius 1 is 0.562 bits per heavy atom. The predicted octanol–water partition coefficient (Wildman–Crippen LogP) is 0.153. The number of nitrogen functional groups attached to an aromatic ring is 8. The highest BCUT2D eigenvalue weighted by Gasteiger charge is 2.20. The van der Waals surface area contributed by atoms with Crippen molar-refractivity contribution in [3.63, 3.8) is 0 Å². The van der Waals surface area contributed by atoms with Gasteiger partial charge >= 0.3 is 0 Å². The van der Waals surface area contributed by atoms with E-state index in [1.165, 1.54) is 12.2 Å². The molecule has 18 N–H and O–H groups in total. The second-order valence-electron chi connectivity index (χ2n) is 7.34. The molecule has 1 atom stereocenters. The molecule has 0 fully saturated rings. The second kappa shape index (κ2) is 8.78. The maximum atomic E-state index is 12.4. The fourth-order valence-electron chi connectivity index (χ4n) is 3.06. The third kappa shape index (κ3) is 4.09. The molecular formula is C21H29N9O2. The van der Waals surface area contributed by atoms with Crippen molar-refractivity contribution in [3.05, 3.63) is 34.4 Å². The van der Waals surface area contributed by atoms with Gasteiger partial charge in [-0.25, -0.2) is 0 Å². The number of anilines is 8. The molecule has 2 aromatic carbocycles. The van der Waals surface area contributed by atoms with E-state index < -0.39 is 17.6 Å². The largest absolute Gasteiger partial charge is 0.398 e. The average molecular weight is 440 g/mol. The summed E-state index contributed by atoms with van der Waals surface area (Å²) in [5.41, 5.74) is 56.2. The Labute approximate surface area is 185 Å². The minimum Gasteiger partial charge on any atom is -0.398 e. The summed E-state index contributed by atoms with van der Waals surface area (Å²) in [6.07, 6.45) is 4.91. The van der Waals surface area contributed by atoms with Crippen LogP contribution >= 0.6 is 0 Å². The van der Waals surface area contributed by atoms with E-state index in [2.05, 4.69) is 0 Å². The molecule has 2 aromatic rings. The topological polar surface area (TPSA) is 268 Å². The van der Waals surface area contributed by atoms with Gasteiger partial charge in [-0.1, -0.05) is 0 Å². The van der Waals surface area contributed by atoms with E-state index in [4.69, 9.17) is 51.6 Å². The molecule has 11 heteroatoms. The van der Waals surface area contributed by atoms with E-state index in [0.29, 0.717) is 28.1 Å². The van der Waals surface area contributed by atoms with Gasteiger partial charge in [0.25, 0.3) is 0 Å². The molecule has 0 aliphatic carbocycles. The average Bonchev–Trinajstić information content (AvgIpc) is 2.77. The van der Waals surface area contributed by atoms with Crippen LogP contribution in [0.4, 0.5) is 45.5 Å². The van der Waals surface area contributed by atoms with Gasteiger partial charge in [-0.05, 0) is 49.3 Å². The highest BCUT2D eigenvalue weighted by molar-refractivity contribution is 6.17. The summed E-state index contributed by atoms with van der Waals surface area (Å²) >= 11 is 0. The van der Waals surface area contributed by atoms with Gasteiger partial charge in [-0.15, -0.1) is 0 Å². The van der Waals surface area contributed by atoms with Crippen molar-refractivity contribution in [1.82, 2.24) is 0 Å². The first-order valence-corrected chi connectivity index (χ1v) is 9.45. The summed E-state index contributed by atoms with van der Waals surface area (Å²) in [7, 11) is 0. The lowest BCUT2D eigenvalue weighted by atomic mass is 9.97. The minimum atomic E-state index is -1.48. The molecule has 0 bridgehead atoms. The molecule has 0 aromatic heterocycles. The highest BCUT2D eigenvalue weighted by Crippen LogP contribution is 2.39. The van der Waals surface area contributed by atoms with Crippen LogP contribution in [0.5, 0.6) is 0 Å². The molecule has 0 spiro atoms. The summed E-state index contributed by atoms with van der Waals surface area (Å²) in [4.78, 5) is 24.9. The van der Waals surface area contributed by atoms with Crippen molar-refractivity contribution in [1.29, 1.82) is 0 Å². The zero-order chi connectivity index (χ0) is 24.5. The Hall–Kier alpha value is -4.38. The Morgan fingerprint density at radius 2 is 0.938 bits per heavy atom. The van der Waals surface area contributed by atoms with Gasteiger partial charge in [0, 0.05) is 16.8 Å². The first-order valence-electron chi connectivity index (χ1n) is 9.45. The van der Waals surface area contributed by atoms with Gasteiger partial charge in [-0.3, -0.25) is 9.59 Å². The first kappa shape index (κ1) is 23.9. The van der Waals surface area contributed by atoms with Crippen molar-refractivity contribution >= 4 is 69.2 Å². The number of carbonyl (C=O) groups is 2. The first-order chi connectivity index (χ1) is 14.8. The summed E-state index contributed by atoms with van der Waals surface area (Å²) < 4.78 is 0. The maximum Gasteiger partial charge on any atom is 0.180 e. The fraction of sp³-hybridized carbons (Fsp3) is 0.143. The van der Waals surface area contributed by atoms with E-state index in [1.54, 1.807) is 13.8 Å². The smallest absolute Gasteiger partial charge is 0.180 e. The Morgan fingerprint density at radius 3 is 1.41 bits per heavy atom. The van der Waals surface area contributed by atoms with E-state index in [0.717, 1.165) is 12.2 Å². The van der Waals surface area contributed by atoms with Gasteiger partial charge in [0.15, 0.2) is 11.6 Å². The molecule has 0 saturated heterocycles. The zero-order valence-electron chi connectivity index (χ0n) is 17.9. The molecule has 170 valence electrons. The molecule has 2 rings (SSSR count). The van der Waals surface area contributed by atoms with Gasteiger partial charge < -0.3 is 51.6 Å². The summed E-state index contributed by atoms with van der Waals surface area (Å²) in [6, 6.07) is -1.48. The van der Waals surface area contributed by atoms with E-state index in [9.17, 15) is 9.59 Å². The van der Waals surface area contributed by atoms with Crippen LogP contribution in [-0.4, -0.2) is 17.6 Å². The SMILES string of the molecule is Cc1c(N)c(C)c(/C=C/C(=O)C(N)C(=O)/C=C/c2c(N)c(N)c(N)c(N)c2N)c(N)c1N.